The van der Waals surface area contributed by atoms with Crippen LogP contribution in [0.3, 0.4) is 0 Å². The van der Waals surface area contributed by atoms with Gasteiger partial charge < -0.3 is 4.42 Å². The third-order valence-corrected chi connectivity index (χ3v) is 2.68. The molecule has 0 saturated carbocycles. The van der Waals surface area contributed by atoms with Gasteiger partial charge in [-0.1, -0.05) is 41.5 Å². The Morgan fingerprint density at radius 1 is 0.941 bits per heavy atom. The Balaban J connectivity index is 2.76. The van der Waals surface area contributed by atoms with Crippen molar-refractivity contribution in [1.82, 2.24) is 9.97 Å². The molecule has 0 unspecified atom stereocenters. The van der Waals surface area contributed by atoms with Crippen LogP contribution in [0.1, 0.15) is 53.1 Å². The fraction of sp³-hybridized carbons (Fsp3) is 0.571. The van der Waals surface area contributed by atoms with Gasteiger partial charge in [0.15, 0.2) is 5.58 Å². The van der Waals surface area contributed by atoms with Crippen LogP contribution in [-0.2, 0) is 10.8 Å². The average Bonchev–Trinajstić information content (AvgIpc) is 2.59. The molecule has 2 aromatic heterocycles. The Bertz CT molecular complexity index is 541. The summed E-state index contributed by atoms with van der Waals surface area (Å²) in [7, 11) is 0. The predicted molar refractivity (Wildman–Crippen MR) is 69.2 cm³/mol. The van der Waals surface area contributed by atoms with E-state index in [4.69, 9.17) is 9.40 Å². The highest BCUT2D eigenvalue weighted by atomic mass is 16.3. The number of nitrogens with zero attached hydrogens (tertiary/aromatic N) is 2. The van der Waals surface area contributed by atoms with Crippen LogP contribution in [0.2, 0.25) is 0 Å². The van der Waals surface area contributed by atoms with Crippen LogP contribution in [-0.4, -0.2) is 9.97 Å². The molecule has 0 aromatic carbocycles. The highest BCUT2D eigenvalue weighted by molar-refractivity contribution is 5.75. The van der Waals surface area contributed by atoms with Gasteiger partial charge in [0.1, 0.15) is 11.3 Å². The lowest BCUT2D eigenvalue weighted by Gasteiger charge is -2.22. The number of hydrogen-bond acceptors (Lipinski definition) is 3. The summed E-state index contributed by atoms with van der Waals surface area (Å²) in [5.74, 6) is 0.872. The van der Waals surface area contributed by atoms with Crippen LogP contribution in [0.15, 0.2) is 16.7 Å². The minimum atomic E-state index is -0.0501. The van der Waals surface area contributed by atoms with E-state index in [1.54, 1.807) is 6.26 Å². The van der Waals surface area contributed by atoms with Crippen LogP contribution < -0.4 is 0 Å². The van der Waals surface area contributed by atoms with Crippen LogP contribution in [0, 0.1) is 0 Å². The van der Waals surface area contributed by atoms with Crippen molar-refractivity contribution < 1.29 is 4.42 Å². The minimum absolute atomic E-state index is 0.0426. The van der Waals surface area contributed by atoms with Crippen LogP contribution in [0.25, 0.3) is 11.1 Å². The van der Waals surface area contributed by atoms with Gasteiger partial charge in [0.25, 0.3) is 0 Å². The summed E-state index contributed by atoms with van der Waals surface area (Å²) in [4.78, 5) is 9.29. The van der Waals surface area contributed by atoms with Gasteiger partial charge in [0, 0.05) is 16.9 Å². The Morgan fingerprint density at radius 3 is 2.12 bits per heavy atom. The van der Waals surface area contributed by atoms with Gasteiger partial charge in [-0.3, -0.25) is 0 Å². The molecule has 0 aliphatic rings. The number of aromatic nitrogens is 2. The third kappa shape index (κ3) is 2.19. The Kier molecular flexibility index (Phi) is 2.53. The summed E-state index contributed by atoms with van der Waals surface area (Å²) in [6.45, 7) is 12.8. The molecule has 0 atom stereocenters. The second-order valence-corrected chi connectivity index (χ2v) is 6.53. The second-order valence-electron chi connectivity index (χ2n) is 6.53. The zero-order valence-corrected chi connectivity index (χ0v) is 11.5. The normalized spacial score (nSPS) is 13.3. The lowest BCUT2D eigenvalue weighted by Crippen LogP contribution is -2.21. The zero-order valence-electron chi connectivity index (χ0n) is 11.5. The standard InChI is InChI=1S/C14H20N2O/c1-13(2,3)11-10-9(7-8-17-10)15-12(16-11)14(4,5)6/h7-8H,1-6H3. The van der Waals surface area contributed by atoms with E-state index in [-0.39, 0.29) is 10.8 Å². The maximum Gasteiger partial charge on any atom is 0.174 e. The van der Waals surface area contributed by atoms with E-state index in [9.17, 15) is 0 Å². The first-order valence-electron chi connectivity index (χ1n) is 5.96. The Labute approximate surface area is 102 Å². The van der Waals surface area contributed by atoms with Gasteiger partial charge in [-0.2, -0.15) is 0 Å². The van der Waals surface area contributed by atoms with E-state index in [0.717, 1.165) is 22.6 Å². The first kappa shape index (κ1) is 12.1. The van der Waals surface area contributed by atoms with Crippen molar-refractivity contribution >= 4 is 11.1 Å². The molecule has 0 radical (unpaired) electrons. The van der Waals surface area contributed by atoms with Gasteiger partial charge in [0.05, 0.1) is 12.0 Å². The zero-order chi connectivity index (χ0) is 12.8. The topological polar surface area (TPSA) is 38.9 Å². The maximum absolute atomic E-state index is 5.52. The molecule has 0 N–H and O–H groups in total. The van der Waals surface area contributed by atoms with Crippen LogP contribution >= 0.6 is 0 Å². The molecule has 0 saturated heterocycles. The third-order valence-electron chi connectivity index (χ3n) is 2.68. The fourth-order valence-electron chi connectivity index (χ4n) is 1.71. The van der Waals surface area contributed by atoms with Gasteiger partial charge in [-0.25, -0.2) is 9.97 Å². The molecule has 92 valence electrons. The summed E-state index contributed by atoms with van der Waals surface area (Å²) in [6, 6.07) is 1.90. The van der Waals surface area contributed by atoms with Crippen LogP contribution in [0.5, 0.6) is 0 Å². The predicted octanol–water partition coefficient (Wildman–Crippen LogP) is 3.82. The molecule has 2 rings (SSSR count). The van der Waals surface area contributed by atoms with Crippen molar-refractivity contribution in [2.75, 3.05) is 0 Å². The summed E-state index contributed by atoms with van der Waals surface area (Å²) >= 11 is 0. The Hall–Kier alpha value is -1.38. The molecule has 0 amide bonds. The lowest BCUT2D eigenvalue weighted by atomic mass is 9.89. The molecule has 17 heavy (non-hydrogen) atoms. The SMILES string of the molecule is CC(C)(C)c1nc(C(C)(C)C)c2occc2n1. The van der Waals surface area contributed by atoms with Gasteiger partial charge in [-0.05, 0) is 0 Å². The van der Waals surface area contributed by atoms with Crippen molar-refractivity contribution in [3.8, 4) is 0 Å². The Morgan fingerprint density at radius 2 is 1.59 bits per heavy atom. The monoisotopic (exact) mass is 232 g/mol. The van der Waals surface area contributed by atoms with E-state index in [1.165, 1.54) is 0 Å². The molecule has 0 bridgehead atoms. The van der Waals surface area contributed by atoms with Crippen molar-refractivity contribution in [2.45, 2.75) is 52.4 Å². The minimum Gasteiger partial charge on any atom is -0.461 e. The molecular formula is C14H20N2O. The second kappa shape index (κ2) is 3.56. The quantitative estimate of drug-likeness (QED) is 0.693. The van der Waals surface area contributed by atoms with Crippen molar-refractivity contribution in [2.24, 2.45) is 0 Å². The highest BCUT2D eigenvalue weighted by Crippen LogP contribution is 2.30. The van der Waals surface area contributed by atoms with Gasteiger partial charge in [-0.15, -0.1) is 0 Å². The van der Waals surface area contributed by atoms with E-state index in [2.05, 4.69) is 46.5 Å². The first-order valence-corrected chi connectivity index (χ1v) is 5.96. The molecule has 3 nitrogen and oxygen atoms in total. The van der Waals surface area contributed by atoms with Gasteiger partial charge >= 0.3 is 0 Å². The van der Waals surface area contributed by atoms with Crippen molar-refractivity contribution in [1.29, 1.82) is 0 Å². The summed E-state index contributed by atoms with van der Waals surface area (Å²) in [5.41, 5.74) is 2.60. The summed E-state index contributed by atoms with van der Waals surface area (Å²) < 4.78 is 5.52. The molecule has 2 aromatic rings. The molecule has 0 aliphatic carbocycles. The average molecular weight is 232 g/mol. The summed E-state index contributed by atoms with van der Waals surface area (Å²) in [5, 5.41) is 0. The lowest BCUT2D eigenvalue weighted by molar-refractivity contribution is 0.506. The van der Waals surface area contributed by atoms with Crippen molar-refractivity contribution in [3.05, 3.63) is 23.8 Å². The van der Waals surface area contributed by atoms with Gasteiger partial charge in [0.2, 0.25) is 0 Å². The molecule has 3 heteroatoms. The summed E-state index contributed by atoms with van der Waals surface area (Å²) in [6.07, 6.45) is 1.68. The maximum atomic E-state index is 5.52. The van der Waals surface area contributed by atoms with E-state index in [1.807, 2.05) is 6.07 Å². The van der Waals surface area contributed by atoms with E-state index >= 15 is 0 Å². The molecule has 0 aliphatic heterocycles. The highest BCUT2D eigenvalue weighted by Gasteiger charge is 2.26. The largest absolute Gasteiger partial charge is 0.461 e. The van der Waals surface area contributed by atoms with E-state index in [0.29, 0.717) is 0 Å². The number of rotatable bonds is 0. The molecular weight excluding hydrogens is 212 g/mol. The van der Waals surface area contributed by atoms with E-state index < -0.39 is 0 Å². The first-order chi connectivity index (χ1) is 7.69. The number of hydrogen-bond donors (Lipinski definition) is 0. The van der Waals surface area contributed by atoms with Crippen LogP contribution in [0.4, 0.5) is 0 Å². The number of furan rings is 1. The molecule has 0 spiro atoms. The molecule has 2 heterocycles. The smallest absolute Gasteiger partial charge is 0.174 e. The van der Waals surface area contributed by atoms with Crippen molar-refractivity contribution in [3.63, 3.8) is 0 Å². The number of fused-ring (bicyclic) bond motifs is 1. The fourth-order valence-corrected chi connectivity index (χ4v) is 1.71. The molecule has 0 fully saturated rings.